The van der Waals surface area contributed by atoms with Crippen molar-refractivity contribution in [3.63, 3.8) is 0 Å². The van der Waals surface area contributed by atoms with E-state index in [9.17, 15) is 13.2 Å². The van der Waals surface area contributed by atoms with Crippen molar-refractivity contribution < 1.29 is 22.7 Å². The molecular formula is C13H21N3O5S2. The van der Waals surface area contributed by atoms with Gasteiger partial charge in [0.15, 0.2) is 0 Å². The van der Waals surface area contributed by atoms with Crippen LogP contribution in [0.3, 0.4) is 0 Å². The van der Waals surface area contributed by atoms with Crippen molar-refractivity contribution in [2.24, 2.45) is 0 Å². The topological polar surface area (TPSA) is 107 Å². The first kappa shape index (κ1) is 18.1. The van der Waals surface area contributed by atoms with Crippen LogP contribution in [0.1, 0.15) is 44.7 Å². The zero-order valence-electron chi connectivity index (χ0n) is 13.5. The minimum atomic E-state index is -3.35. The number of hydrogen-bond donors (Lipinski definition) is 1. The zero-order valence-corrected chi connectivity index (χ0v) is 15.2. The average Bonchev–Trinajstić information content (AvgIpc) is 2.86. The zero-order chi connectivity index (χ0) is 17.3. The first-order chi connectivity index (χ1) is 10.5. The van der Waals surface area contributed by atoms with Gasteiger partial charge in [-0.2, -0.15) is 0 Å². The van der Waals surface area contributed by atoms with Gasteiger partial charge in [0.05, 0.1) is 12.6 Å². The molecule has 2 atom stereocenters. The fourth-order valence-electron chi connectivity index (χ4n) is 2.03. The van der Waals surface area contributed by atoms with Crippen molar-refractivity contribution in [2.45, 2.75) is 55.7 Å². The molecule has 130 valence electrons. The highest BCUT2D eigenvalue weighted by molar-refractivity contribution is 7.92. The summed E-state index contributed by atoms with van der Waals surface area (Å²) < 4.78 is 33.7. The standard InChI is InChI=1S/C13H21N3O5S2/c1-13(2,3)21-11(17)14-8-5-6-9(20-7-8)10-15-16-12(22-10)23(4,18)19/h8-9H,5-7H2,1-4H3,(H,14,17)/t8-,9+/m1/s1. The van der Waals surface area contributed by atoms with Gasteiger partial charge in [-0.1, -0.05) is 11.3 Å². The maximum absolute atomic E-state index is 11.7. The number of aromatic nitrogens is 2. The fourth-order valence-corrected chi connectivity index (χ4v) is 3.75. The lowest BCUT2D eigenvalue weighted by Gasteiger charge is -2.29. The van der Waals surface area contributed by atoms with E-state index in [1.807, 2.05) is 0 Å². The van der Waals surface area contributed by atoms with Gasteiger partial charge in [0.2, 0.25) is 14.2 Å². The molecule has 23 heavy (non-hydrogen) atoms. The SMILES string of the molecule is CC(C)(C)OC(=O)N[C@@H]1CC[C@@H](c2nnc(S(C)(=O)=O)s2)OC1. The molecule has 1 aromatic heterocycles. The van der Waals surface area contributed by atoms with Gasteiger partial charge in [-0.05, 0) is 33.6 Å². The molecule has 1 aliphatic heterocycles. The average molecular weight is 363 g/mol. The van der Waals surface area contributed by atoms with Gasteiger partial charge >= 0.3 is 6.09 Å². The van der Waals surface area contributed by atoms with Crippen LogP contribution in [0.2, 0.25) is 0 Å². The third-order valence-electron chi connectivity index (χ3n) is 3.01. The van der Waals surface area contributed by atoms with E-state index in [0.717, 1.165) is 17.6 Å². The largest absolute Gasteiger partial charge is 0.444 e. The van der Waals surface area contributed by atoms with E-state index < -0.39 is 21.5 Å². The predicted molar refractivity (Wildman–Crippen MR) is 84.1 cm³/mol. The summed E-state index contributed by atoms with van der Waals surface area (Å²) in [5, 5.41) is 10.9. The Morgan fingerprint density at radius 1 is 1.35 bits per heavy atom. The van der Waals surface area contributed by atoms with Gasteiger partial charge in [0.1, 0.15) is 16.7 Å². The van der Waals surface area contributed by atoms with E-state index in [1.165, 1.54) is 0 Å². The number of amides is 1. The monoisotopic (exact) mass is 363 g/mol. The molecule has 1 aromatic rings. The van der Waals surface area contributed by atoms with Crippen molar-refractivity contribution in [1.29, 1.82) is 0 Å². The molecule has 1 fully saturated rings. The molecule has 0 aliphatic carbocycles. The van der Waals surface area contributed by atoms with Crippen LogP contribution in [0.25, 0.3) is 0 Å². The predicted octanol–water partition coefficient (Wildman–Crippen LogP) is 1.69. The molecule has 1 amide bonds. The van der Waals surface area contributed by atoms with E-state index in [0.29, 0.717) is 24.5 Å². The van der Waals surface area contributed by atoms with E-state index in [-0.39, 0.29) is 16.5 Å². The Morgan fingerprint density at radius 2 is 2.04 bits per heavy atom. The van der Waals surface area contributed by atoms with Gasteiger partial charge in [0.25, 0.3) is 0 Å². The second-order valence-electron chi connectivity index (χ2n) is 6.42. The number of hydrogen-bond acceptors (Lipinski definition) is 8. The summed E-state index contributed by atoms with van der Waals surface area (Å²) in [5.41, 5.74) is -0.545. The first-order valence-corrected chi connectivity index (χ1v) is 9.90. The summed E-state index contributed by atoms with van der Waals surface area (Å²) in [4.78, 5) is 11.7. The van der Waals surface area contributed by atoms with Gasteiger partial charge in [-0.25, -0.2) is 13.2 Å². The molecule has 10 heteroatoms. The number of nitrogens with zero attached hydrogens (tertiary/aromatic N) is 2. The van der Waals surface area contributed by atoms with Crippen LogP contribution in [0, 0.1) is 0 Å². The molecule has 0 aromatic carbocycles. The number of rotatable bonds is 3. The number of sulfone groups is 1. The Bertz CT molecular complexity index is 657. The highest BCUT2D eigenvalue weighted by Gasteiger charge is 2.29. The maximum Gasteiger partial charge on any atom is 0.407 e. The summed E-state index contributed by atoms with van der Waals surface area (Å²) >= 11 is 1.02. The van der Waals surface area contributed by atoms with E-state index in [2.05, 4.69) is 15.5 Å². The third-order valence-corrected chi connectivity index (χ3v) is 5.70. The second kappa shape index (κ2) is 6.70. The molecule has 1 saturated heterocycles. The molecule has 0 saturated carbocycles. The second-order valence-corrected chi connectivity index (χ2v) is 9.62. The van der Waals surface area contributed by atoms with Gasteiger partial charge in [-0.15, -0.1) is 10.2 Å². The Kier molecular flexibility index (Phi) is 5.27. The molecule has 0 spiro atoms. The van der Waals surface area contributed by atoms with Gasteiger partial charge in [-0.3, -0.25) is 0 Å². The smallest absolute Gasteiger partial charge is 0.407 e. The number of carbonyl (C=O) groups excluding carboxylic acids is 1. The first-order valence-electron chi connectivity index (χ1n) is 7.19. The van der Waals surface area contributed by atoms with E-state index in [1.54, 1.807) is 20.8 Å². The normalized spacial score (nSPS) is 22.6. The molecule has 1 N–H and O–H groups in total. The summed E-state index contributed by atoms with van der Waals surface area (Å²) in [6.45, 7) is 5.72. The summed E-state index contributed by atoms with van der Waals surface area (Å²) in [5.74, 6) is 0. The van der Waals surface area contributed by atoms with Gasteiger partial charge < -0.3 is 14.8 Å². The minimum absolute atomic E-state index is 0.00916. The van der Waals surface area contributed by atoms with Crippen LogP contribution in [0.4, 0.5) is 4.79 Å². The van der Waals surface area contributed by atoms with Crippen LogP contribution in [-0.4, -0.2) is 49.2 Å². The summed E-state index contributed by atoms with van der Waals surface area (Å²) in [6.07, 6.45) is 1.65. The quantitative estimate of drug-likeness (QED) is 0.870. The maximum atomic E-state index is 11.7. The Labute approximate surface area is 139 Å². The van der Waals surface area contributed by atoms with E-state index in [4.69, 9.17) is 9.47 Å². The molecule has 8 nitrogen and oxygen atoms in total. The lowest BCUT2D eigenvalue weighted by Crippen LogP contribution is -2.43. The van der Waals surface area contributed by atoms with Crippen LogP contribution in [0.5, 0.6) is 0 Å². The van der Waals surface area contributed by atoms with Gasteiger partial charge in [0, 0.05) is 6.26 Å². The fraction of sp³-hybridized carbons (Fsp3) is 0.769. The summed E-state index contributed by atoms with van der Waals surface area (Å²) in [6, 6.07) is -0.136. The van der Waals surface area contributed by atoms with Crippen molar-refractivity contribution in [1.82, 2.24) is 15.5 Å². The molecule has 2 rings (SSSR count). The molecule has 1 aliphatic rings. The Hall–Kier alpha value is -1.26. The highest BCUT2D eigenvalue weighted by Crippen LogP contribution is 2.31. The summed E-state index contributed by atoms with van der Waals surface area (Å²) in [7, 11) is -3.35. The van der Waals surface area contributed by atoms with Crippen LogP contribution in [-0.2, 0) is 19.3 Å². The van der Waals surface area contributed by atoms with Crippen molar-refractivity contribution in [3.8, 4) is 0 Å². The van der Waals surface area contributed by atoms with Crippen LogP contribution < -0.4 is 5.32 Å². The van der Waals surface area contributed by atoms with E-state index >= 15 is 0 Å². The minimum Gasteiger partial charge on any atom is -0.444 e. The highest BCUT2D eigenvalue weighted by atomic mass is 32.2. The molecule has 0 bridgehead atoms. The van der Waals surface area contributed by atoms with Crippen LogP contribution in [0.15, 0.2) is 4.34 Å². The lowest BCUT2D eigenvalue weighted by atomic mass is 10.1. The Morgan fingerprint density at radius 3 is 2.52 bits per heavy atom. The van der Waals surface area contributed by atoms with Crippen molar-refractivity contribution >= 4 is 27.3 Å². The number of ether oxygens (including phenoxy) is 2. The number of alkyl carbamates (subject to hydrolysis) is 1. The number of carbonyl (C=O) groups is 1. The molecular weight excluding hydrogens is 342 g/mol. The van der Waals surface area contributed by atoms with Crippen molar-refractivity contribution in [3.05, 3.63) is 5.01 Å². The van der Waals surface area contributed by atoms with Crippen molar-refractivity contribution in [2.75, 3.05) is 12.9 Å². The lowest BCUT2D eigenvalue weighted by molar-refractivity contribution is -0.00957. The molecule has 0 radical (unpaired) electrons. The molecule has 2 heterocycles. The molecule has 0 unspecified atom stereocenters. The third kappa shape index (κ3) is 5.40. The Balaban J connectivity index is 1.87. The van der Waals surface area contributed by atoms with Crippen LogP contribution >= 0.6 is 11.3 Å². The number of nitrogens with one attached hydrogen (secondary N) is 1.